The Kier molecular flexibility index (Phi) is 3.93. The van der Waals surface area contributed by atoms with E-state index in [2.05, 4.69) is 0 Å². The molecule has 1 aliphatic rings. The van der Waals surface area contributed by atoms with E-state index in [4.69, 9.17) is 5.11 Å². The van der Waals surface area contributed by atoms with Crippen molar-refractivity contribution in [3.8, 4) is 0 Å². The lowest BCUT2D eigenvalue weighted by molar-refractivity contribution is -0.141. The van der Waals surface area contributed by atoms with Crippen LogP contribution in [0.2, 0.25) is 0 Å². The summed E-state index contributed by atoms with van der Waals surface area (Å²) >= 11 is 0. The highest BCUT2D eigenvalue weighted by Gasteiger charge is 2.25. The highest BCUT2D eigenvalue weighted by atomic mass is 16.4. The molecule has 1 heterocycles. The number of carboxylic acid groups (broad SMARTS) is 1. The lowest BCUT2D eigenvalue weighted by atomic mass is 9.93. The van der Waals surface area contributed by atoms with Gasteiger partial charge in [-0.25, -0.2) is 0 Å². The fourth-order valence-corrected chi connectivity index (χ4v) is 2.33. The van der Waals surface area contributed by atoms with E-state index >= 15 is 0 Å². The first-order valence-corrected chi connectivity index (χ1v) is 6.66. The van der Waals surface area contributed by atoms with Crippen molar-refractivity contribution in [2.24, 2.45) is 5.92 Å². The third kappa shape index (κ3) is 2.80. The van der Waals surface area contributed by atoms with E-state index in [-0.39, 0.29) is 12.5 Å². The number of hydrogen-bond donors (Lipinski definition) is 1. The van der Waals surface area contributed by atoms with E-state index < -0.39 is 11.9 Å². The Morgan fingerprint density at radius 2 is 2.21 bits per heavy atom. The van der Waals surface area contributed by atoms with Crippen molar-refractivity contribution in [1.82, 2.24) is 9.47 Å². The van der Waals surface area contributed by atoms with Gasteiger partial charge < -0.3 is 14.6 Å². The van der Waals surface area contributed by atoms with Crippen LogP contribution in [0.4, 0.5) is 0 Å². The Morgan fingerprint density at radius 1 is 1.53 bits per heavy atom. The lowest BCUT2D eigenvalue weighted by Crippen LogP contribution is -2.35. The minimum atomic E-state index is -0.881. The molecule has 5 heteroatoms. The maximum Gasteiger partial charge on any atom is 0.308 e. The van der Waals surface area contributed by atoms with E-state index in [9.17, 15) is 9.59 Å². The third-order valence-electron chi connectivity index (χ3n) is 3.78. The van der Waals surface area contributed by atoms with Crippen LogP contribution in [0.5, 0.6) is 0 Å². The number of nitrogens with zero attached hydrogens (tertiary/aromatic N) is 2. The normalized spacial score (nSPS) is 16.7. The summed E-state index contributed by atoms with van der Waals surface area (Å²) < 4.78 is 2.02. The average molecular weight is 264 g/mol. The van der Waals surface area contributed by atoms with Gasteiger partial charge in [-0.3, -0.25) is 9.59 Å². The van der Waals surface area contributed by atoms with Gasteiger partial charge in [-0.15, -0.1) is 0 Å². The fraction of sp³-hybridized carbons (Fsp3) is 0.571. The van der Waals surface area contributed by atoms with Crippen LogP contribution in [0.1, 0.15) is 42.7 Å². The molecule has 2 rings (SSSR count). The number of aromatic nitrogens is 1. The van der Waals surface area contributed by atoms with Gasteiger partial charge >= 0.3 is 5.97 Å². The molecule has 0 radical (unpaired) electrons. The van der Waals surface area contributed by atoms with Crippen molar-refractivity contribution in [1.29, 1.82) is 0 Å². The van der Waals surface area contributed by atoms with Gasteiger partial charge in [0.1, 0.15) is 5.69 Å². The number of hydrogen-bond acceptors (Lipinski definition) is 2. The Labute approximate surface area is 112 Å². The van der Waals surface area contributed by atoms with E-state index in [0.29, 0.717) is 11.7 Å². The summed E-state index contributed by atoms with van der Waals surface area (Å²) in [6, 6.07) is 4.11. The van der Waals surface area contributed by atoms with Crippen LogP contribution >= 0.6 is 0 Å². The van der Waals surface area contributed by atoms with Crippen molar-refractivity contribution in [2.75, 3.05) is 13.6 Å². The van der Waals surface area contributed by atoms with E-state index in [1.807, 2.05) is 22.9 Å². The van der Waals surface area contributed by atoms with Crippen LogP contribution in [0.15, 0.2) is 18.3 Å². The van der Waals surface area contributed by atoms with Gasteiger partial charge in [-0.1, -0.05) is 6.92 Å². The number of carboxylic acids is 1. The zero-order valence-corrected chi connectivity index (χ0v) is 11.4. The van der Waals surface area contributed by atoms with Gasteiger partial charge in [0.05, 0.1) is 5.92 Å². The van der Waals surface area contributed by atoms with Crippen LogP contribution in [-0.2, 0) is 4.79 Å². The van der Waals surface area contributed by atoms with Gasteiger partial charge in [0.15, 0.2) is 0 Å². The first-order valence-electron chi connectivity index (χ1n) is 6.66. The first-order chi connectivity index (χ1) is 9.00. The smallest absolute Gasteiger partial charge is 0.308 e. The van der Waals surface area contributed by atoms with Crippen molar-refractivity contribution in [3.05, 3.63) is 24.0 Å². The summed E-state index contributed by atoms with van der Waals surface area (Å²) in [6.07, 6.45) is 5.38. The van der Waals surface area contributed by atoms with Gasteiger partial charge in [0.25, 0.3) is 5.91 Å². The van der Waals surface area contributed by atoms with Gasteiger partial charge in [-0.05, 0) is 31.4 Å². The van der Waals surface area contributed by atoms with Crippen LogP contribution in [0, 0.1) is 5.92 Å². The molecule has 1 atom stereocenters. The van der Waals surface area contributed by atoms with E-state index in [1.54, 1.807) is 14.0 Å². The molecule has 1 aromatic rings. The number of rotatable bonds is 5. The SMILES string of the molecule is CC(CN(C)C(=O)c1cccn1C1CCC1)C(=O)O. The van der Waals surface area contributed by atoms with Gasteiger partial charge in [-0.2, -0.15) is 0 Å². The van der Waals surface area contributed by atoms with Crippen LogP contribution in [0.25, 0.3) is 0 Å². The monoisotopic (exact) mass is 264 g/mol. The number of aliphatic carboxylic acids is 1. The van der Waals surface area contributed by atoms with Crippen LogP contribution in [-0.4, -0.2) is 40.0 Å². The fourth-order valence-electron chi connectivity index (χ4n) is 2.33. The Bertz CT molecular complexity index is 477. The molecule has 1 unspecified atom stereocenters. The summed E-state index contributed by atoms with van der Waals surface area (Å²) in [6.45, 7) is 1.83. The quantitative estimate of drug-likeness (QED) is 0.884. The molecular weight excluding hydrogens is 244 g/mol. The largest absolute Gasteiger partial charge is 0.481 e. The number of amides is 1. The highest BCUT2D eigenvalue weighted by Crippen LogP contribution is 2.32. The summed E-state index contributed by atoms with van der Waals surface area (Å²) in [7, 11) is 1.65. The molecule has 5 nitrogen and oxygen atoms in total. The molecule has 1 aliphatic carbocycles. The van der Waals surface area contributed by atoms with Crippen LogP contribution < -0.4 is 0 Å². The second-order valence-corrected chi connectivity index (χ2v) is 5.31. The number of carbonyl (C=O) groups excluding carboxylic acids is 1. The second-order valence-electron chi connectivity index (χ2n) is 5.31. The molecule has 1 amide bonds. The van der Waals surface area contributed by atoms with Crippen molar-refractivity contribution in [2.45, 2.75) is 32.2 Å². The number of carbonyl (C=O) groups is 2. The summed E-state index contributed by atoms with van der Waals surface area (Å²) in [5.41, 5.74) is 0.657. The van der Waals surface area contributed by atoms with Crippen molar-refractivity contribution < 1.29 is 14.7 Å². The van der Waals surface area contributed by atoms with Crippen LogP contribution in [0.3, 0.4) is 0 Å². The molecular formula is C14H20N2O3. The molecule has 19 heavy (non-hydrogen) atoms. The molecule has 0 bridgehead atoms. The molecule has 0 aliphatic heterocycles. The van der Waals surface area contributed by atoms with E-state index in [0.717, 1.165) is 12.8 Å². The Morgan fingerprint density at radius 3 is 2.74 bits per heavy atom. The predicted octanol–water partition coefficient (Wildman–Crippen LogP) is 2.01. The zero-order valence-electron chi connectivity index (χ0n) is 11.4. The first kappa shape index (κ1) is 13.6. The summed E-state index contributed by atoms with van der Waals surface area (Å²) in [5, 5.41) is 8.89. The molecule has 104 valence electrons. The molecule has 0 aromatic carbocycles. The maximum atomic E-state index is 12.3. The minimum absolute atomic E-state index is 0.106. The summed E-state index contributed by atoms with van der Waals surface area (Å²) in [5.74, 6) is -1.54. The topological polar surface area (TPSA) is 62.5 Å². The predicted molar refractivity (Wildman–Crippen MR) is 71.1 cm³/mol. The Hall–Kier alpha value is -1.78. The lowest BCUT2D eigenvalue weighted by Gasteiger charge is -2.30. The van der Waals surface area contributed by atoms with E-state index in [1.165, 1.54) is 11.3 Å². The average Bonchev–Trinajstić information content (AvgIpc) is 2.74. The zero-order chi connectivity index (χ0) is 14.0. The molecule has 0 spiro atoms. The molecule has 0 saturated heterocycles. The van der Waals surface area contributed by atoms with Gasteiger partial charge in [0.2, 0.25) is 0 Å². The summed E-state index contributed by atoms with van der Waals surface area (Å²) in [4.78, 5) is 24.7. The molecule has 1 fully saturated rings. The third-order valence-corrected chi connectivity index (χ3v) is 3.78. The second kappa shape index (κ2) is 5.47. The molecule has 1 saturated carbocycles. The Balaban J connectivity index is 2.06. The molecule has 1 N–H and O–H groups in total. The van der Waals surface area contributed by atoms with Crippen molar-refractivity contribution >= 4 is 11.9 Å². The highest BCUT2D eigenvalue weighted by molar-refractivity contribution is 5.93. The van der Waals surface area contributed by atoms with Gasteiger partial charge in [0, 0.05) is 25.8 Å². The standard InChI is InChI=1S/C14H20N2O3/c1-10(14(18)19)9-15(2)13(17)12-7-4-8-16(12)11-5-3-6-11/h4,7-8,10-11H,3,5-6,9H2,1-2H3,(H,18,19). The molecule has 1 aromatic heterocycles. The maximum absolute atomic E-state index is 12.3. The van der Waals surface area contributed by atoms with Crippen molar-refractivity contribution in [3.63, 3.8) is 0 Å². The minimum Gasteiger partial charge on any atom is -0.481 e.